The molecule has 162 valence electrons. The minimum atomic E-state index is -4.44. The second-order valence-electron chi connectivity index (χ2n) is 7.28. The molecule has 2 heterocycles. The molecule has 0 N–H and O–H groups in total. The molecule has 3 aromatic rings. The van der Waals surface area contributed by atoms with Crippen molar-refractivity contribution in [3.05, 3.63) is 83.7 Å². The molecule has 0 radical (unpaired) electrons. The Morgan fingerprint density at radius 2 is 1.77 bits per heavy atom. The van der Waals surface area contributed by atoms with E-state index in [0.29, 0.717) is 17.1 Å². The van der Waals surface area contributed by atoms with E-state index in [1.165, 1.54) is 6.07 Å². The summed E-state index contributed by atoms with van der Waals surface area (Å²) in [6, 6.07) is 15.4. The van der Waals surface area contributed by atoms with Crippen molar-refractivity contribution in [1.29, 1.82) is 0 Å². The minimum absolute atomic E-state index is 0.0601. The Bertz CT molecular complexity index is 1060. The number of halogens is 3. The van der Waals surface area contributed by atoms with Gasteiger partial charge in [-0.15, -0.1) is 0 Å². The van der Waals surface area contributed by atoms with Crippen LogP contribution in [-0.4, -0.2) is 29.1 Å². The third-order valence-electron chi connectivity index (χ3n) is 5.28. The van der Waals surface area contributed by atoms with E-state index in [2.05, 4.69) is 0 Å². The maximum absolute atomic E-state index is 13.1. The second kappa shape index (κ2) is 8.37. The summed E-state index contributed by atoms with van der Waals surface area (Å²) in [6.07, 6.45) is -2.62. The van der Waals surface area contributed by atoms with E-state index in [4.69, 9.17) is 9.47 Å². The van der Waals surface area contributed by atoms with Gasteiger partial charge in [-0.05, 0) is 54.1 Å². The predicted molar refractivity (Wildman–Crippen MR) is 108 cm³/mol. The van der Waals surface area contributed by atoms with Crippen LogP contribution in [0, 0.1) is 0 Å². The third-order valence-corrected chi connectivity index (χ3v) is 5.28. The van der Waals surface area contributed by atoms with E-state index in [9.17, 15) is 18.0 Å². The molecule has 8 heteroatoms. The van der Waals surface area contributed by atoms with Gasteiger partial charge in [-0.2, -0.15) is 13.2 Å². The Kier molecular flexibility index (Phi) is 5.63. The van der Waals surface area contributed by atoms with Crippen molar-refractivity contribution >= 4 is 5.91 Å². The number of hydrogen-bond acceptors (Lipinski definition) is 3. The molecule has 0 aliphatic carbocycles. The fourth-order valence-corrected chi connectivity index (χ4v) is 3.71. The standard InChI is InChI=1S/C23H21F3N2O3/c1-30-18-7-9-19(10-8-18)31-15-21-20-6-3-11-27(20)14-22(29)28(21)13-16-4-2-5-17(12-16)23(24,25)26/h2-12,21H,13-15H2,1H3. The number of hydrogen-bond donors (Lipinski definition) is 0. The summed E-state index contributed by atoms with van der Waals surface area (Å²) < 4.78 is 52.2. The van der Waals surface area contributed by atoms with Gasteiger partial charge in [0.15, 0.2) is 0 Å². The van der Waals surface area contributed by atoms with Gasteiger partial charge in [0.05, 0.1) is 12.7 Å². The molecular formula is C23H21F3N2O3. The minimum Gasteiger partial charge on any atom is -0.497 e. The Morgan fingerprint density at radius 1 is 1.03 bits per heavy atom. The molecule has 0 spiro atoms. The highest BCUT2D eigenvalue weighted by Crippen LogP contribution is 2.32. The summed E-state index contributed by atoms with van der Waals surface area (Å²) in [7, 11) is 1.57. The van der Waals surface area contributed by atoms with E-state index < -0.39 is 17.8 Å². The summed E-state index contributed by atoms with van der Waals surface area (Å²) >= 11 is 0. The number of amides is 1. The number of fused-ring (bicyclic) bond motifs is 1. The lowest BCUT2D eigenvalue weighted by Gasteiger charge is -2.36. The van der Waals surface area contributed by atoms with Crippen molar-refractivity contribution in [2.24, 2.45) is 0 Å². The molecule has 1 aromatic heterocycles. The zero-order valence-electron chi connectivity index (χ0n) is 16.8. The maximum Gasteiger partial charge on any atom is 0.416 e. The summed E-state index contributed by atoms with van der Waals surface area (Å²) in [4.78, 5) is 14.4. The van der Waals surface area contributed by atoms with Crippen LogP contribution in [0.5, 0.6) is 11.5 Å². The highest BCUT2D eigenvalue weighted by molar-refractivity contribution is 5.78. The number of rotatable bonds is 6. The van der Waals surface area contributed by atoms with Gasteiger partial charge in [0.2, 0.25) is 5.91 Å². The van der Waals surface area contributed by atoms with Crippen LogP contribution in [0.2, 0.25) is 0 Å². The average Bonchev–Trinajstić information content (AvgIpc) is 3.21. The van der Waals surface area contributed by atoms with Gasteiger partial charge in [0, 0.05) is 18.4 Å². The molecule has 5 nitrogen and oxygen atoms in total. The lowest BCUT2D eigenvalue weighted by molar-refractivity contribution is -0.138. The quantitative estimate of drug-likeness (QED) is 0.571. The molecule has 31 heavy (non-hydrogen) atoms. The molecule has 2 aromatic carbocycles. The smallest absolute Gasteiger partial charge is 0.416 e. The molecule has 0 fully saturated rings. The van der Waals surface area contributed by atoms with E-state index >= 15 is 0 Å². The zero-order chi connectivity index (χ0) is 22.0. The van der Waals surface area contributed by atoms with Crippen LogP contribution in [0.3, 0.4) is 0 Å². The van der Waals surface area contributed by atoms with Crippen molar-refractivity contribution < 1.29 is 27.4 Å². The number of methoxy groups -OCH3 is 1. The fraction of sp³-hybridized carbons (Fsp3) is 0.261. The number of carbonyl (C=O) groups is 1. The largest absolute Gasteiger partial charge is 0.497 e. The Labute approximate surface area is 177 Å². The lowest BCUT2D eigenvalue weighted by atomic mass is 10.1. The van der Waals surface area contributed by atoms with Crippen molar-refractivity contribution in [2.45, 2.75) is 25.3 Å². The van der Waals surface area contributed by atoms with Gasteiger partial charge in [0.25, 0.3) is 0 Å². The van der Waals surface area contributed by atoms with E-state index in [-0.39, 0.29) is 25.6 Å². The summed E-state index contributed by atoms with van der Waals surface area (Å²) in [5.41, 5.74) is 0.557. The molecule has 1 atom stereocenters. The topological polar surface area (TPSA) is 43.7 Å². The first-order chi connectivity index (χ1) is 14.8. The van der Waals surface area contributed by atoms with Crippen molar-refractivity contribution in [3.8, 4) is 11.5 Å². The summed E-state index contributed by atoms with van der Waals surface area (Å²) in [5, 5.41) is 0. The second-order valence-corrected chi connectivity index (χ2v) is 7.28. The Hall–Kier alpha value is -3.42. The number of carbonyl (C=O) groups excluding carboxylic acids is 1. The lowest BCUT2D eigenvalue weighted by Crippen LogP contribution is -2.44. The van der Waals surface area contributed by atoms with Crippen LogP contribution < -0.4 is 9.47 Å². The summed E-state index contributed by atoms with van der Waals surface area (Å²) in [5.74, 6) is 1.13. The van der Waals surface area contributed by atoms with Gasteiger partial charge in [0.1, 0.15) is 30.7 Å². The maximum atomic E-state index is 13.1. The van der Waals surface area contributed by atoms with Crippen LogP contribution >= 0.6 is 0 Å². The molecule has 4 rings (SSSR count). The molecule has 1 aliphatic heterocycles. The zero-order valence-corrected chi connectivity index (χ0v) is 16.8. The van der Waals surface area contributed by atoms with Crippen LogP contribution in [-0.2, 0) is 24.1 Å². The van der Waals surface area contributed by atoms with E-state index in [0.717, 1.165) is 17.8 Å². The first-order valence-electron chi connectivity index (χ1n) is 9.72. The average molecular weight is 430 g/mol. The number of aromatic nitrogens is 1. The van der Waals surface area contributed by atoms with E-state index in [1.54, 1.807) is 42.3 Å². The SMILES string of the molecule is COc1ccc(OCC2c3cccn3CC(=O)N2Cc2cccc(C(F)(F)F)c2)cc1. The van der Waals surface area contributed by atoms with Gasteiger partial charge in [-0.3, -0.25) is 4.79 Å². The number of alkyl halides is 3. The van der Waals surface area contributed by atoms with Gasteiger partial charge in [-0.1, -0.05) is 12.1 Å². The Morgan fingerprint density at radius 3 is 2.48 bits per heavy atom. The number of nitrogens with zero attached hydrogens (tertiary/aromatic N) is 2. The summed E-state index contributed by atoms with van der Waals surface area (Å²) in [6.45, 7) is 0.367. The first kappa shape index (κ1) is 20.8. The van der Waals surface area contributed by atoms with Crippen LogP contribution in [0.1, 0.15) is 22.9 Å². The van der Waals surface area contributed by atoms with Gasteiger partial charge < -0.3 is 18.9 Å². The molecule has 1 unspecified atom stereocenters. The molecule has 0 bridgehead atoms. The fourth-order valence-electron chi connectivity index (χ4n) is 3.71. The van der Waals surface area contributed by atoms with Gasteiger partial charge >= 0.3 is 6.18 Å². The monoisotopic (exact) mass is 430 g/mol. The van der Waals surface area contributed by atoms with Crippen LogP contribution in [0.15, 0.2) is 66.9 Å². The Balaban J connectivity index is 1.58. The van der Waals surface area contributed by atoms with Crippen molar-refractivity contribution in [2.75, 3.05) is 13.7 Å². The molecular weight excluding hydrogens is 409 g/mol. The molecule has 1 aliphatic rings. The van der Waals surface area contributed by atoms with Crippen molar-refractivity contribution in [1.82, 2.24) is 9.47 Å². The normalized spacial score (nSPS) is 16.2. The number of ether oxygens (including phenoxy) is 2. The van der Waals surface area contributed by atoms with Crippen molar-refractivity contribution in [3.63, 3.8) is 0 Å². The highest BCUT2D eigenvalue weighted by atomic mass is 19.4. The third kappa shape index (κ3) is 4.52. The molecule has 1 amide bonds. The highest BCUT2D eigenvalue weighted by Gasteiger charge is 2.34. The first-order valence-corrected chi connectivity index (χ1v) is 9.72. The number of benzene rings is 2. The van der Waals surface area contributed by atoms with Crippen LogP contribution in [0.25, 0.3) is 0 Å². The van der Waals surface area contributed by atoms with E-state index in [1.807, 2.05) is 22.9 Å². The van der Waals surface area contributed by atoms with Crippen LogP contribution in [0.4, 0.5) is 13.2 Å². The molecule has 0 saturated heterocycles. The van der Waals surface area contributed by atoms with Gasteiger partial charge in [-0.25, -0.2) is 0 Å². The predicted octanol–water partition coefficient (Wildman–Crippen LogP) is 4.68. The molecule has 0 saturated carbocycles.